The molecule has 3 N–H and O–H groups in total. The van der Waals surface area contributed by atoms with E-state index in [0.29, 0.717) is 18.4 Å². The minimum Gasteiger partial charge on any atom is -0.396 e. The third kappa shape index (κ3) is 1.53. The van der Waals surface area contributed by atoms with Gasteiger partial charge in [-0.3, -0.25) is 0 Å². The quantitative estimate of drug-likeness (QED) is 0.518. The first-order valence-corrected chi connectivity index (χ1v) is 3.36. The molecule has 1 aliphatic carbocycles. The molecule has 0 aromatic carbocycles. The van der Waals surface area contributed by atoms with Gasteiger partial charge in [0.2, 0.25) is 0 Å². The summed E-state index contributed by atoms with van der Waals surface area (Å²) in [5.74, 6) is 0.890. The minimum absolute atomic E-state index is 0.271. The summed E-state index contributed by atoms with van der Waals surface area (Å²) in [5, 5.41) is 8.69. The first-order chi connectivity index (χ1) is 4.36. The molecular weight excluding hydrogens is 114 g/mol. The van der Waals surface area contributed by atoms with E-state index >= 15 is 0 Å². The van der Waals surface area contributed by atoms with Crippen LogP contribution in [0.2, 0.25) is 0 Å². The van der Waals surface area contributed by atoms with Crippen LogP contribution in [0.25, 0.3) is 0 Å². The Hall–Kier alpha value is -0.340. The van der Waals surface area contributed by atoms with E-state index in [1.165, 1.54) is 0 Å². The Labute approximate surface area is 55.4 Å². The molecule has 2 atom stereocenters. The SMILES string of the molecule is NCC1C=CC(CO)C1. The van der Waals surface area contributed by atoms with Crippen molar-refractivity contribution < 1.29 is 5.11 Å². The van der Waals surface area contributed by atoms with Crippen molar-refractivity contribution in [2.24, 2.45) is 17.6 Å². The van der Waals surface area contributed by atoms with E-state index in [-0.39, 0.29) is 6.61 Å². The number of nitrogens with two attached hydrogens (primary N) is 1. The highest BCUT2D eigenvalue weighted by atomic mass is 16.3. The van der Waals surface area contributed by atoms with Crippen LogP contribution >= 0.6 is 0 Å². The normalized spacial score (nSPS) is 33.6. The summed E-state index contributed by atoms with van der Waals surface area (Å²) in [6, 6.07) is 0. The highest BCUT2D eigenvalue weighted by Gasteiger charge is 2.15. The molecule has 1 aliphatic rings. The van der Waals surface area contributed by atoms with Crippen molar-refractivity contribution in [3.63, 3.8) is 0 Å². The molecule has 1 rings (SSSR count). The zero-order chi connectivity index (χ0) is 6.69. The maximum absolute atomic E-state index is 8.69. The van der Waals surface area contributed by atoms with Gasteiger partial charge in [0.25, 0.3) is 0 Å². The number of hydrogen-bond acceptors (Lipinski definition) is 2. The summed E-state index contributed by atoms with van der Waals surface area (Å²) in [6.45, 7) is 0.986. The molecule has 0 saturated heterocycles. The fourth-order valence-electron chi connectivity index (χ4n) is 1.17. The Morgan fingerprint density at radius 2 is 2.11 bits per heavy atom. The summed E-state index contributed by atoms with van der Waals surface area (Å²) < 4.78 is 0. The molecule has 2 unspecified atom stereocenters. The monoisotopic (exact) mass is 127 g/mol. The molecule has 0 saturated carbocycles. The molecule has 2 heteroatoms. The van der Waals surface area contributed by atoms with Crippen molar-refractivity contribution in [2.75, 3.05) is 13.2 Å². The van der Waals surface area contributed by atoms with Crippen LogP contribution in [-0.4, -0.2) is 18.3 Å². The molecule has 0 radical (unpaired) electrons. The van der Waals surface area contributed by atoms with Crippen LogP contribution in [0, 0.1) is 11.8 Å². The number of aliphatic hydroxyl groups excluding tert-OH is 1. The van der Waals surface area contributed by atoms with E-state index in [1.54, 1.807) is 0 Å². The predicted octanol–water partition coefficient (Wildman–Crippen LogP) is 0.130. The molecule has 0 heterocycles. The second-order valence-corrected chi connectivity index (χ2v) is 2.56. The Bertz CT molecular complexity index is 99.5. The highest BCUT2D eigenvalue weighted by Crippen LogP contribution is 2.21. The molecule has 0 amide bonds. The largest absolute Gasteiger partial charge is 0.396 e. The van der Waals surface area contributed by atoms with Crippen LogP contribution < -0.4 is 5.73 Å². The van der Waals surface area contributed by atoms with Crippen LogP contribution in [0.15, 0.2) is 12.2 Å². The van der Waals surface area contributed by atoms with Gasteiger partial charge in [-0.1, -0.05) is 12.2 Å². The topological polar surface area (TPSA) is 46.2 Å². The predicted molar refractivity (Wildman–Crippen MR) is 36.9 cm³/mol. The summed E-state index contributed by atoms with van der Waals surface area (Å²) >= 11 is 0. The van der Waals surface area contributed by atoms with Crippen molar-refractivity contribution in [3.05, 3.63) is 12.2 Å². The van der Waals surface area contributed by atoms with Gasteiger partial charge in [-0.15, -0.1) is 0 Å². The second-order valence-electron chi connectivity index (χ2n) is 2.56. The van der Waals surface area contributed by atoms with Gasteiger partial charge in [0.05, 0.1) is 0 Å². The molecule has 0 aromatic rings. The third-order valence-electron chi connectivity index (χ3n) is 1.80. The Morgan fingerprint density at radius 3 is 2.44 bits per heavy atom. The first-order valence-electron chi connectivity index (χ1n) is 3.36. The van der Waals surface area contributed by atoms with Gasteiger partial charge in [0.15, 0.2) is 0 Å². The van der Waals surface area contributed by atoms with Crippen molar-refractivity contribution in [2.45, 2.75) is 6.42 Å². The maximum Gasteiger partial charge on any atom is 0.0494 e. The minimum atomic E-state index is 0.271. The van der Waals surface area contributed by atoms with Crippen LogP contribution in [0.1, 0.15) is 6.42 Å². The summed E-state index contributed by atoms with van der Waals surface area (Å²) in [6.07, 6.45) is 5.19. The highest BCUT2D eigenvalue weighted by molar-refractivity contribution is 5.01. The van der Waals surface area contributed by atoms with Crippen LogP contribution in [-0.2, 0) is 0 Å². The van der Waals surface area contributed by atoms with E-state index in [1.807, 2.05) is 0 Å². The van der Waals surface area contributed by atoms with Gasteiger partial charge in [0.1, 0.15) is 0 Å². The molecule has 52 valence electrons. The summed E-state index contributed by atoms with van der Waals surface area (Å²) in [4.78, 5) is 0. The molecular formula is C7H13NO. The van der Waals surface area contributed by atoms with Gasteiger partial charge >= 0.3 is 0 Å². The standard InChI is InChI=1S/C7H13NO/c8-4-6-1-2-7(3-6)5-9/h1-2,6-7,9H,3-5,8H2. The van der Waals surface area contributed by atoms with Gasteiger partial charge in [-0.25, -0.2) is 0 Å². The molecule has 0 aromatic heterocycles. The van der Waals surface area contributed by atoms with E-state index in [0.717, 1.165) is 6.42 Å². The lowest BCUT2D eigenvalue weighted by Gasteiger charge is -2.05. The lowest BCUT2D eigenvalue weighted by molar-refractivity contribution is 0.245. The zero-order valence-corrected chi connectivity index (χ0v) is 5.46. The number of aliphatic hydroxyl groups is 1. The average molecular weight is 127 g/mol. The van der Waals surface area contributed by atoms with E-state index in [4.69, 9.17) is 10.8 Å². The van der Waals surface area contributed by atoms with Crippen LogP contribution in [0.4, 0.5) is 0 Å². The smallest absolute Gasteiger partial charge is 0.0494 e. The van der Waals surface area contributed by atoms with E-state index in [2.05, 4.69) is 12.2 Å². The Kier molecular flexibility index (Phi) is 2.25. The zero-order valence-electron chi connectivity index (χ0n) is 5.46. The van der Waals surface area contributed by atoms with Crippen LogP contribution in [0.3, 0.4) is 0 Å². The summed E-state index contributed by atoms with van der Waals surface area (Å²) in [7, 11) is 0. The van der Waals surface area contributed by atoms with E-state index < -0.39 is 0 Å². The molecule has 2 nitrogen and oxygen atoms in total. The Balaban J connectivity index is 2.31. The lowest BCUT2D eigenvalue weighted by atomic mass is 10.0. The average Bonchev–Trinajstić information content (AvgIpc) is 2.34. The fraction of sp³-hybridized carbons (Fsp3) is 0.714. The number of hydrogen-bond donors (Lipinski definition) is 2. The van der Waals surface area contributed by atoms with Crippen molar-refractivity contribution in [1.82, 2.24) is 0 Å². The maximum atomic E-state index is 8.69. The molecule has 0 spiro atoms. The van der Waals surface area contributed by atoms with Crippen molar-refractivity contribution in [1.29, 1.82) is 0 Å². The van der Waals surface area contributed by atoms with Gasteiger partial charge in [-0.2, -0.15) is 0 Å². The summed E-state index contributed by atoms with van der Waals surface area (Å²) in [5.41, 5.74) is 5.42. The van der Waals surface area contributed by atoms with Gasteiger partial charge < -0.3 is 10.8 Å². The van der Waals surface area contributed by atoms with Crippen LogP contribution in [0.5, 0.6) is 0 Å². The van der Waals surface area contributed by atoms with Gasteiger partial charge in [0, 0.05) is 12.5 Å². The van der Waals surface area contributed by atoms with E-state index in [9.17, 15) is 0 Å². The Morgan fingerprint density at radius 1 is 1.44 bits per heavy atom. The van der Waals surface area contributed by atoms with Crippen molar-refractivity contribution in [3.8, 4) is 0 Å². The molecule has 9 heavy (non-hydrogen) atoms. The number of rotatable bonds is 2. The lowest BCUT2D eigenvalue weighted by Crippen LogP contribution is -2.11. The molecule has 0 bridgehead atoms. The van der Waals surface area contributed by atoms with Crippen molar-refractivity contribution >= 4 is 0 Å². The van der Waals surface area contributed by atoms with Gasteiger partial charge in [-0.05, 0) is 18.9 Å². The first kappa shape index (κ1) is 6.78. The fourth-order valence-corrected chi connectivity index (χ4v) is 1.17. The molecule has 0 fully saturated rings. The second kappa shape index (κ2) is 2.99. The molecule has 0 aliphatic heterocycles. The third-order valence-corrected chi connectivity index (χ3v) is 1.80.